The van der Waals surface area contributed by atoms with Crippen molar-refractivity contribution in [3.63, 3.8) is 0 Å². The number of benzene rings is 3. The molecule has 0 unspecified atom stereocenters. The number of carbonyl (C=O) groups is 1. The van der Waals surface area contributed by atoms with Gasteiger partial charge in [0.15, 0.2) is 0 Å². The highest BCUT2D eigenvalue weighted by Crippen LogP contribution is 2.27. The molecule has 0 spiro atoms. The second-order valence-electron chi connectivity index (χ2n) is 7.74. The lowest BCUT2D eigenvalue weighted by atomic mass is 9.99. The number of nitrogens with one attached hydrogen (secondary N) is 1. The molecule has 31 heavy (non-hydrogen) atoms. The van der Waals surface area contributed by atoms with Crippen molar-refractivity contribution in [2.75, 3.05) is 13.7 Å². The van der Waals surface area contributed by atoms with E-state index in [1.807, 2.05) is 54.6 Å². The van der Waals surface area contributed by atoms with Crippen LogP contribution in [0.1, 0.15) is 27.0 Å². The topological polar surface area (TPSA) is 51.2 Å². The van der Waals surface area contributed by atoms with Crippen LogP contribution in [0, 0.1) is 13.8 Å². The number of hydrogen-bond acceptors (Lipinski definition) is 3. The minimum atomic E-state index is -0.0851. The number of rotatable bonds is 6. The van der Waals surface area contributed by atoms with E-state index >= 15 is 0 Å². The molecule has 0 atom stereocenters. The Morgan fingerprint density at radius 3 is 2.48 bits per heavy atom. The molecule has 3 aromatic carbocycles. The summed E-state index contributed by atoms with van der Waals surface area (Å²) < 4.78 is 5.20. The highest BCUT2D eigenvalue weighted by molar-refractivity contribution is 6.07. The van der Waals surface area contributed by atoms with E-state index in [9.17, 15) is 4.79 Å². The first kappa shape index (κ1) is 20.6. The Morgan fingerprint density at radius 1 is 0.968 bits per heavy atom. The van der Waals surface area contributed by atoms with E-state index in [1.54, 1.807) is 7.11 Å². The lowest BCUT2D eigenvalue weighted by Gasteiger charge is -2.12. The zero-order chi connectivity index (χ0) is 21.8. The molecule has 1 amide bonds. The number of nitrogens with zero attached hydrogens (tertiary/aromatic N) is 1. The summed E-state index contributed by atoms with van der Waals surface area (Å²) in [5, 5.41) is 3.93. The van der Waals surface area contributed by atoms with Gasteiger partial charge in [0, 0.05) is 17.5 Å². The Morgan fingerprint density at radius 2 is 1.74 bits per heavy atom. The van der Waals surface area contributed by atoms with Gasteiger partial charge in [-0.15, -0.1) is 0 Å². The van der Waals surface area contributed by atoms with Crippen molar-refractivity contribution in [1.82, 2.24) is 10.3 Å². The number of carbonyl (C=O) groups excluding carboxylic acids is 1. The molecule has 4 nitrogen and oxygen atoms in total. The number of pyridine rings is 1. The van der Waals surface area contributed by atoms with Crippen molar-refractivity contribution < 1.29 is 9.53 Å². The lowest BCUT2D eigenvalue weighted by Crippen LogP contribution is -2.26. The van der Waals surface area contributed by atoms with Gasteiger partial charge in [-0.25, -0.2) is 4.98 Å². The van der Waals surface area contributed by atoms with E-state index in [1.165, 1.54) is 5.56 Å². The summed E-state index contributed by atoms with van der Waals surface area (Å²) >= 11 is 0. The molecular weight excluding hydrogens is 384 g/mol. The van der Waals surface area contributed by atoms with Crippen LogP contribution in [0.2, 0.25) is 0 Å². The van der Waals surface area contributed by atoms with Gasteiger partial charge in [-0.1, -0.05) is 54.1 Å². The van der Waals surface area contributed by atoms with Crippen molar-refractivity contribution in [1.29, 1.82) is 0 Å². The zero-order valence-electron chi connectivity index (χ0n) is 18.1. The smallest absolute Gasteiger partial charge is 0.252 e. The average Bonchev–Trinajstić information content (AvgIpc) is 2.78. The van der Waals surface area contributed by atoms with Crippen molar-refractivity contribution >= 4 is 16.8 Å². The van der Waals surface area contributed by atoms with E-state index in [4.69, 9.17) is 9.72 Å². The maximum Gasteiger partial charge on any atom is 0.252 e. The Bertz CT molecular complexity index is 1230. The van der Waals surface area contributed by atoms with Crippen molar-refractivity contribution in [3.8, 4) is 17.0 Å². The van der Waals surface area contributed by atoms with Gasteiger partial charge in [0.05, 0.1) is 23.9 Å². The van der Waals surface area contributed by atoms with Crippen LogP contribution in [0.15, 0.2) is 72.8 Å². The molecule has 4 rings (SSSR count). The molecule has 4 aromatic rings. The van der Waals surface area contributed by atoms with Crippen LogP contribution in [0.4, 0.5) is 0 Å². The molecule has 0 bridgehead atoms. The lowest BCUT2D eigenvalue weighted by molar-refractivity contribution is 0.0955. The van der Waals surface area contributed by atoms with Gasteiger partial charge in [0.1, 0.15) is 5.75 Å². The SMILES string of the molecule is COc1ccc(CCNC(=O)c2cc(-c3ccc(C)cc3C)nc3ccccc23)cc1. The summed E-state index contributed by atoms with van der Waals surface area (Å²) in [6.07, 6.45) is 0.753. The first-order valence-corrected chi connectivity index (χ1v) is 10.4. The van der Waals surface area contributed by atoms with Gasteiger partial charge in [-0.05, 0) is 55.7 Å². The molecule has 0 radical (unpaired) electrons. The Labute approximate surface area is 182 Å². The predicted octanol–water partition coefficient (Wildman–Crippen LogP) is 5.50. The van der Waals surface area contributed by atoms with Crippen molar-refractivity contribution in [2.24, 2.45) is 0 Å². The summed E-state index contributed by atoms with van der Waals surface area (Å²) in [7, 11) is 1.65. The monoisotopic (exact) mass is 410 g/mol. The van der Waals surface area contributed by atoms with E-state index in [0.29, 0.717) is 12.1 Å². The fourth-order valence-corrected chi connectivity index (χ4v) is 3.81. The summed E-state index contributed by atoms with van der Waals surface area (Å²) in [5.41, 5.74) is 6.83. The third kappa shape index (κ3) is 4.58. The number of aromatic nitrogens is 1. The van der Waals surface area contributed by atoms with Crippen LogP contribution < -0.4 is 10.1 Å². The Kier molecular flexibility index (Phi) is 5.99. The van der Waals surface area contributed by atoms with E-state index in [2.05, 4.69) is 37.4 Å². The van der Waals surface area contributed by atoms with Gasteiger partial charge >= 0.3 is 0 Å². The first-order chi connectivity index (χ1) is 15.0. The normalized spacial score (nSPS) is 10.8. The van der Waals surface area contributed by atoms with E-state index in [0.717, 1.165) is 45.5 Å². The molecule has 0 aliphatic rings. The van der Waals surface area contributed by atoms with E-state index in [-0.39, 0.29) is 5.91 Å². The molecule has 0 aliphatic heterocycles. The van der Waals surface area contributed by atoms with Gasteiger partial charge in [0.2, 0.25) is 0 Å². The molecule has 0 aliphatic carbocycles. The number of hydrogen-bond donors (Lipinski definition) is 1. The number of ether oxygens (including phenoxy) is 1. The predicted molar refractivity (Wildman–Crippen MR) is 126 cm³/mol. The minimum Gasteiger partial charge on any atom is -0.497 e. The van der Waals surface area contributed by atoms with Gasteiger partial charge < -0.3 is 10.1 Å². The summed E-state index contributed by atoms with van der Waals surface area (Å²) in [6, 6.07) is 23.9. The maximum absolute atomic E-state index is 13.1. The van der Waals surface area contributed by atoms with Gasteiger partial charge in [-0.2, -0.15) is 0 Å². The van der Waals surface area contributed by atoms with Gasteiger partial charge in [0.25, 0.3) is 5.91 Å². The van der Waals surface area contributed by atoms with Gasteiger partial charge in [-0.3, -0.25) is 4.79 Å². The molecule has 1 N–H and O–H groups in total. The van der Waals surface area contributed by atoms with Crippen molar-refractivity contribution in [3.05, 3.63) is 95.1 Å². The molecule has 0 saturated heterocycles. The number of aryl methyl sites for hydroxylation is 2. The summed E-state index contributed by atoms with van der Waals surface area (Å²) in [6.45, 7) is 4.71. The van der Waals surface area contributed by atoms with Crippen LogP contribution in [0.25, 0.3) is 22.2 Å². The quantitative estimate of drug-likeness (QED) is 0.457. The second-order valence-corrected chi connectivity index (χ2v) is 7.74. The fraction of sp³-hybridized carbons (Fsp3) is 0.185. The van der Waals surface area contributed by atoms with Crippen LogP contribution in [-0.4, -0.2) is 24.5 Å². The van der Waals surface area contributed by atoms with Crippen LogP contribution in [-0.2, 0) is 6.42 Å². The third-order valence-electron chi connectivity index (χ3n) is 5.48. The highest BCUT2D eigenvalue weighted by Gasteiger charge is 2.14. The standard InChI is InChI=1S/C27H26N2O2/c1-18-8-13-22(19(2)16-18)26-17-24(23-6-4-5-7-25(23)29-26)27(30)28-15-14-20-9-11-21(31-3)12-10-20/h4-13,16-17H,14-15H2,1-3H3,(H,28,30). The van der Waals surface area contributed by atoms with Crippen LogP contribution in [0.3, 0.4) is 0 Å². The molecule has 4 heteroatoms. The Balaban J connectivity index is 1.60. The number of fused-ring (bicyclic) bond motifs is 1. The molecular formula is C27H26N2O2. The number of amides is 1. The van der Waals surface area contributed by atoms with Crippen LogP contribution in [0.5, 0.6) is 5.75 Å². The second kappa shape index (κ2) is 9.00. The maximum atomic E-state index is 13.1. The minimum absolute atomic E-state index is 0.0851. The van der Waals surface area contributed by atoms with E-state index < -0.39 is 0 Å². The summed E-state index contributed by atoms with van der Waals surface area (Å²) in [4.78, 5) is 17.9. The first-order valence-electron chi connectivity index (χ1n) is 10.4. The average molecular weight is 411 g/mol. The molecule has 1 heterocycles. The zero-order valence-corrected chi connectivity index (χ0v) is 18.1. The fourth-order valence-electron chi connectivity index (χ4n) is 3.81. The van der Waals surface area contributed by atoms with Crippen molar-refractivity contribution in [2.45, 2.75) is 20.3 Å². The highest BCUT2D eigenvalue weighted by atomic mass is 16.5. The molecule has 1 aromatic heterocycles. The molecule has 0 fully saturated rings. The van der Waals surface area contributed by atoms with Crippen LogP contribution >= 0.6 is 0 Å². The largest absolute Gasteiger partial charge is 0.497 e. The molecule has 0 saturated carbocycles. The number of para-hydroxylation sites is 1. The third-order valence-corrected chi connectivity index (χ3v) is 5.48. The number of methoxy groups -OCH3 is 1. The summed E-state index contributed by atoms with van der Waals surface area (Å²) in [5.74, 6) is 0.744. The molecule has 156 valence electrons. The Hall–Kier alpha value is -3.66.